The number of hydrogen-bond donors (Lipinski definition) is 2. The molecular weight excluding hydrogens is 299 g/mol. The van der Waals surface area contributed by atoms with Gasteiger partial charge in [-0.3, -0.25) is 14.5 Å². The summed E-state index contributed by atoms with van der Waals surface area (Å²) in [5.41, 5.74) is -0.735. The number of benzene rings is 1. The van der Waals surface area contributed by atoms with E-state index in [9.17, 15) is 19.1 Å². The van der Waals surface area contributed by atoms with Crippen molar-refractivity contribution < 1.29 is 19.1 Å². The molecule has 7 heteroatoms. The number of halogens is 2. The first-order chi connectivity index (χ1) is 9.83. The van der Waals surface area contributed by atoms with Gasteiger partial charge in [-0.15, -0.1) is 0 Å². The van der Waals surface area contributed by atoms with E-state index in [1.54, 1.807) is 11.8 Å². The summed E-state index contributed by atoms with van der Waals surface area (Å²) in [7, 11) is 0. The van der Waals surface area contributed by atoms with Gasteiger partial charge in [0, 0.05) is 5.69 Å². The van der Waals surface area contributed by atoms with Crippen molar-refractivity contribution in [2.75, 3.05) is 18.4 Å². The summed E-state index contributed by atoms with van der Waals surface area (Å²) in [4.78, 5) is 24.9. The number of nitrogens with one attached hydrogen (secondary N) is 1. The molecule has 0 radical (unpaired) electrons. The number of hydrogen-bond acceptors (Lipinski definition) is 3. The summed E-state index contributed by atoms with van der Waals surface area (Å²) in [6, 6.07) is 3.97. The molecular formula is C14H16ClFN2O3. The summed E-state index contributed by atoms with van der Waals surface area (Å²) in [5.74, 6) is -1.94. The zero-order chi connectivity index (χ0) is 15.6. The number of carboxylic acids is 1. The van der Waals surface area contributed by atoms with E-state index in [0.717, 1.165) is 12.5 Å². The Bertz CT molecular complexity index is 581. The van der Waals surface area contributed by atoms with Crippen molar-refractivity contribution in [3.63, 3.8) is 0 Å². The molecule has 0 spiro atoms. The van der Waals surface area contributed by atoms with Crippen molar-refractivity contribution in [2.24, 2.45) is 0 Å². The smallest absolute Gasteiger partial charge is 0.323 e. The average Bonchev–Trinajstić information content (AvgIpc) is 2.77. The Balaban J connectivity index is 2.01. The van der Waals surface area contributed by atoms with Gasteiger partial charge in [0.15, 0.2) is 0 Å². The lowest BCUT2D eigenvalue weighted by Crippen LogP contribution is -2.50. The van der Waals surface area contributed by atoms with Crippen LogP contribution < -0.4 is 5.32 Å². The van der Waals surface area contributed by atoms with E-state index in [-0.39, 0.29) is 23.2 Å². The number of anilines is 1. The number of carbonyl (C=O) groups excluding carboxylic acids is 1. The first-order valence-electron chi connectivity index (χ1n) is 6.56. The van der Waals surface area contributed by atoms with Crippen molar-refractivity contribution in [3.05, 3.63) is 29.0 Å². The van der Waals surface area contributed by atoms with Crippen LogP contribution in [0.5, 0.6) is 0 Å². The molecule has 1 heterocycles. The molecule has 1 saturated heterocycles. The van der Waals surface area contributed by atoms with Gasteiger partial charge >= 0.3 is 5.97 Å². The molecule has 1 aromatic carbocycles. The zero-order valence-electron chi connectivity index (χ0n) is 11.5. The minimum Gasteiger partial charge on any atom is -0.480 e. The van der Waals surface area contributed by atoms with Crippen LogP contribution in [-0.2, 0) is 9.59 Å². The largest absolute Gasteiger partial charge is 0.480 e. The maximum absolute atomic E-state index is 13.3. The van der Waals surface area contributed by atoms with Crippen LogP contribution in [0.3, 0.4) is 0 Å². The van der Waals surface area contributed by atoms with Crippen molar-refractivity contribution in [3.8, 4) is 0 Å². The summed E-state index contributed by atoms with van der Waals surface area (Å²) in [6.45, 7) is 2.11. The number of carbonyl (C=O) groups is 2. The van der Waals surface area contributed by atoms with Crippen LogP contribution in [0.15, 0.2) is 18.2 Å². The molecule has 1 aliphatic rings. The molecule has 0 aliphatic carbocycles. The lowest BCUT2D eigenvalue weighted by molar-refractivity contribution is -0.149. The second kappa shape index (κ2) is 5.99. The minimum absolute atomic E-state index is 0.0222. The third-order valence-electron chi connectivity index (χ3n) is 3.79. The number of rotatable bonds is 4. The third-order valence-corrected chi connectivity index (χ3v) is 4.09. The van der Waals surface area contributed by atoms with Gasteiger partial charge in [0.05, 0.1) is 11.6 Å². The molecule has 5 nitrogen and oxygen atoms in total. The fourth-order valence-corrected chi connectivity index (χ4v) is 2.58. The molecule has 1 atom stereocenters. The molecule has 21 heavy (non-hydrogen) atoms. The average molecular weight is 315 g/mol. The van der Waals surface area contributed by atoms with E-state index in [1.165, 1.54) is 12.1 Å². The molecule has 2 N–H and O–H groups in total. The maximum Gasteiger partial charge on any atom is 0.323 e. The van der Waals surface area contributed by atoms with Crippen LogP contribution in [0.1, 0.15) is 19.8 Å². The fraction of sp³-hybridized carbons (Fsp3) is 0.429. The van der Waals surface area contributed by atoms with Crippen LogP contribution in [0.2, 0.25) is 5.02 Å². The highest BCUT2D eigenvalue weighted by molar-refractivity contribution is 6.30. The van der Waals surface area contributed by atoms with Gasteiger partial charge in [-0.05, 0) is 44.5 Å². The lowest BCUT2D eigenvalue weighted by atomic mass is 9.99. The Labute approximate surface area is 126 Å². The van der Waals surface area contributed by atoms with Gasteiger partial charge in [-0.25, -0.2) is 4.39 Å². The highest BCUT2D eigenvalue weighted by atomic mass is 35.5. The number of nitrogens with zero attached hydrogens (tertiary/aromatic N) is 1. The first-order valence-corrected chi connectivity index (χ1v) is 6.94. The van der Waals surface area contributed by atoms with Crippen LogP contribution in [0, 0.1) is 5.82 Å². The molecule has 0 saturated carbocycles. The molecule has 1 unspecified atom stereocenters. The van der Waals surface area contributed by atoms with E-state index < -0.39 is 17.3 Å². The Morgan fingerprint density at radius 1 is 1.52 bits per heavy atom. The van der Waals surface area contributed by atoms with Gasteiger partial charge in [0.2, 0.25) is 5.91 Å². The highest BCUT2D eigenvalue weighted by Gasteiger charge is 2.43. The molecule has 1 aliphatic heterocycles. The minimum atomic E-state index is -1.03. The molecule has 114 valence electrons. The maximum atomic E-state index is 13.3. The van der Waals surface area contributed by atoms with Crippen LogP contribution >= 0.6 is 11.6 Å². The zero-order valence-corrected chi connectivity index (χ0v) is 12.3. The summed E-state index contributed by atoms with van der Waals surface area (Å²) in [6.07, 6.45) is 1.23. The Morgan fingerprint density at radius 2 is 2.24 bits per heavy atom. The molecule has 2 rings (SSSR count). The molecule has 1 amide bonds. The molecule has 1 aromatic rings. The predicted octanol–water partition coefficient (Wildman–Crippen LogP) is 2.36. The van der Waals surface area contributed by atoms with Crippen molar-refractivity contribution >= 4 is 29.2 Å². The summed E-state index contributed by atoms with van der Waals surface area (Å²) >= 11 is 5.57. The quantitative estimate of drug-likeness (QED) is 0.895. The number of likely N-dealkylation sites (tertiary alicyclic amines) is 1. The van der Waals surface area contributed by atoms with Gasteiger partial charge in [0.25, 0.3) is 0 Å². The van der Waals surface area contributed by atoms with Gasteiger partial charge in [-0.2, -0.15) is 0 Å². The van der Waals surface area contributed by atoms with E-state index in [1.807, 2.05) is 0 Å². The number of amides is 1. The SMILES string of the molecule is CC1(C(=O)O)CCCN1CC(=O)Nc1ccc(Cl)c(F)c1. The monoisotopic (exact) mass is 314 g/mol. The Kier molecular flexibility index (Phi) is 4.49. The normalized spacial score (nSPS) is 22.2. The topological polar surface area (TPSA) is 69.6 Å². The summed E-state index contributed by atoms with van der Waals surface area (Å²) < 4.78 is 13.3. The number of carboxylic acid groups (broad SMARTS) is 1. The predicted molar refractivity (Wildman–Crippen MR) is 76.9 cm³/mol. The van der Waals surface area contributed by atoms with Crippen molar-refractivity contribution in [1.82, 2.24) is 4.90 Å². The van der Waals surface area contributed by atoms with Gasteiger partial charge < -0.3 is 10.4 Å². The molecule has 0 aromatic heterocycles. The standard InChI is InChI=1S/C14H16ClFN2O3/c1-14(13(20)21)5-2-6-18(14)8-12(19)17-9-3-4-10(15)11(16)7-9/h3-4,7H,2,5-6,8H2,1H3,(H,17,19)(H,20,21). The van der Waals surface area contributed by atoms with E-state index in [4.69, 9.17) is 11.6 Å². The van der Waals surface area contributed by atoms with E-state index >= 15 is 0 Å². The van der Waals surface area contributed by atoms with Gasteiger partial charge in [0.1, 0.15) is 11.4 Å². The molecule has 1 fully saturated rings. The van der Waals surface area contributed by atoms with Crippen molar-refractivity contribution in [1.29, 1.82) is 0 Å². The van der Waals surface area contributed by atoms with E-state index in [0.29, 0.717) is 13.0 Å². The van der Waals surface area contributed by atoms with Crippen LogP contribution in [-0.4, -0.2) is 40.5 Å². The van der Waals surface area contributed by atoms with E-state index in [2.05, 4.69) is 5.32 Å². The summed E-state index contributed by atoms with van der Waals surface area (Å²) in [5, 5.41) is 11.8. The van der Waals surface area contributed by atoms with Crippen molar-refractivity contribution in [2.45, 2.75) is 25.3 Å². The molecule has 0 bridgehead atoms. The second-order valence-electron chi connectivity index (χ2n) is 5.28. The number of aliphatic carboxylic acids is 1. The second-order valence-corrected chi connectivity index (χ2v) is 5.69. The fourth-order valence-electron chi connectivity index (χ4n) is 2.46. The first kappa shape index (κ1) is 15.7. The Hall–Kier alpha value is -1.66. The van der Waals surface area contributed by atoms with Gasteiger partial charge in [-0.1, -0.05) is 11.6 Å². The third kappa shape index (κ3) is 3.33. The van der Waals surface area contributed by atoms with Crippen LogP contribution in [0.4, 0.5) is 10.1 Å². The highest BCUT2D eigenvalue weighted by Crippen LogP contribution is 2.29. The Morgan fingerprint density at radius 3 is 2.86 bits per heavy atom. The van der Waals surface area contributed by atoms with Crippen LogP contribution in [0.25, 0.3) is 0 Å². The lowest BCUT2D eigenvalue weighted by Gasteiger charge is -2.30.